The molecule has 19 heavy (non-hydrogen) atoms. The summed E-state index contributed by atoms with van der Waals surface area (Å²) in [6.07, 6.45) is 7.19. The Hall–Kier alpha value is -1.58. The fourth-order valence-corrected chi connectivity index (χ4v) is 3.15. The Kier molecular flexibility index (Phi) is 3.17. The Bertz CT molecular complexity index is 504. The van der Waals surface area contributed by atoms with E-state index in [1.165, 1.54) is 31.2 Å². The summed E-state index contributed by atoms with van der Waals surface area (Å²) in [5.41, 5.74) is 2.55. The predicted octanol–water partition coefficient (Wildman–Crippen LogP) is 4.14. The van der Waals surface area contributed by atoms with Gasteiger partial charge >= 0.3 is 5.69 Å². The van der Waals surface area contributed by atoms with Gasteiger partial charge in [0.05, 0.1) is 12.0 Å². The smallest absolute Gasteiger partial charge is 0.311 e. The molecule has 0 atom stereocenters. The third-order valence-corrected chi connectivity index (χ3v) is 4.67. The summed E-state index contributed by atoms with van der Waals surface area (Å²) in [5.74, 6) is 1.56. The Morgan fingerprint density at radius 2 is 1.79 bits per heavy atom. The van der Waals surface area contributed by atoms with Crippen LogP contribution in [0.4, 0.5) is 5.69 Å². The van der Waals surface area contributed by atoms with Crippen molar-refractivity contribution in [2.45, 2.75) is 50.4 Å². The maximum Gasteiger partial charge on any atom is 0.311 e. The van der Waals surface area contributed by atoms with E-state index in [9.17, 15) is 10.1 Å². The molecule has 1 aromatic rings. The van der Waals surface area contributed by atoms with Crippen LogP contribution in [0.15, 0.2) is 12.1 Å². The quantitative estimate of drug-likeness (QED) is 0.604. The standard InChI is InChI=1S/C15H19NO3/c1-19-15-13(16(17)18)9-8-12(10-4-2-5-10)14(15)11-6-3-7-11/h8-11H,2-7H2,1H3. The van der Waals surface area contributed by atoms with Gasteiger partial charge in [0.25, 0.3) is 0 Å². The van der Waals surface area contributed by atoms with Gasteiger partial charge in [0.1, 0.15) is 0 Å². The minimum absolute atomic E-state index is 0.118. The first-order valence-corrected chi connectivity index (χ1v) is 7.07. The maximum atomic E-state index is 11.2. The molecule has 0 radical (unpaired) electrons. The van der Waals surface area contributed by atoms with Crippen LogP contribution in [-0.4, -0.2) is 12.0 Å². The third kappa shape index (κ3) is 1.99. The fourth-order valence-electron chi connectivity index (χ4n) is 3.15. The molecule has 0 spiro atoms. The van der Waals surface area contributed by atoms with E-state index < -0.39 is 0 Å². The van der Waals surface area contributed by atoms with E-state index in [2.05, 4.69) is 0 Å². The van der Waals surface area contributed by atoms with E-state index in [0.29, 0.717) is 17.6 Å². The molecule has 0 unspecified atom stereocenters. The van der Waals surface area contributed by atoms with Gasteiger partial charge in [-0.2, -0.15) is 0 Å². The van der Waals surface area contributed by atoms with Crippen molar-refractivity contribution in [3.8, 4) is 5.75 Å². The third-order valence-electron chi connectivity index (χ3n) is 4.67. The molecule has 102 valence electrons. The summed E-state index contributed by atoms with van der Waals surface area (Å²) in [5, 5.41) is 11.2. The van der Waals surface area contributed by atoms with Crippen molar-refractivity contribution in [2.24, 2.45) is 0 Å². The van der Waals surface area contributed by atoms with Crippen molar-refractivity contribution in [3.63, 3.8) is 0 Å². The van der Waals surface area contributed by atoms with Crippen LogP contribution in [0.3, 0.4) is 0 Å². The molecule has 2 fully saturated rings. The molecule has 0 bridgehead atoms. The monoisotopic (exact) mass is 261 g/mol. The Morgan fingerprint density at radius 3 is 2.21 bits per heavy atom. The van der Waals surface area contributed by atoms with Crippen molar-refractivity contribution in [1.82, 2.24) is 0 Å². The van der Waals surface area contributed by atoms with Gasteiger partial charge in [-0.1, -0.05) is 18.9 Å². The van der Waals surface area contributed by atoms with Crippen molar-refractivity contribution in [1.29, 1.82) is 0 Å². The first-order valence-electron chi connectivity index (χ1n) is 7.07. The van der Waals surface area contributed by atoms with Gasteiger partial charge in [0, 0.05) is 11.6 Å². The molecular formula is C15H19NO3. The van der Waals surface area contributed by atoms with E-state index in [1.54, 1.807) is 13.2 Å². The van der Waals surface area contributed by atoms with Gasteiger partial charge in [-0.15, -0.1) is 0 Å². The van der Waals surface area contributed by atoms with Gasteiger partial charge < -0.3 is 4.74 Å². The number of benzene rings is 1. The zero-order valence-electron chi connectivity index (χ0n) is 11.2. The fraction of sp³-hybridized carbons (Fsp3) is 0.600. The molecule has 1 aromatic carbocycles. The lowest BCUT2D eigenvalue weighted by Crippen LogP contribution is -2.18. The zero-order chi connectivity index (χ0) is 13.4. The molecule has 0 N–H and O–H groups in total. The molecule has 4 heteroatoms. The second-order valence-electron chi connectivity index (χ2n) is 5.63. The Labute approximate surface area is 112 Å². The average molecular weight is 261 g/mol. The maximum absolute atomic E-state index is 11.2. The number of nitrogens with zero attached hydrogens (tertiary/aromatic N) is 1. The van der Waals surface area contributed by atoms with Crippen LogP contribution >= 0.6 is 0 Å². The predicted molar refractivity (Wildman–Crippen MR) is 72.8 cm³/mol. The lowest BCUT2D eigenvalue weighted by molar-refractivity contribution is -0.385. The number of nitro groups is 1. The van der Waals surface area contributed by atoms with Crippen LogP contribution < -0.4 is 4.74 Å². The first kappa shape index (κ1) is 12.5. The normalized spacial score (nSPS) is 19.6. The van der Waals surface area contributed by atoms with E-state index in [0.717, 1.165) is 18.4 Å². The SMILES string of the molecule is COc1c([N+](=O)[O-])ccc(C2CCC2)c1C1CCC1. The van der Waals surface area contributed by atoms with Crippen molar-refractivity contribution in [3.05, 3.63) is 33.4 Å². The molecule has 2 aliphatic rings. The molecule has 0 aromatic heterocycles. The summed E-state index contributed by atoms with van der Waals surface area (Å²) in [6.45, 7) is 0. The van der Waals surface area contributed by atoms with E-state index >= 15 is 0 Å². The van der Waals surface area contributed by atoms with Crippen LogP contribution in [0.2, 0.25) is 0 Å². The molecule has 0 aliphatic heterocycles. The highest BCUT2D eigenvalue weighted by molar-refractivity contribution is 5.58. The molecule has 4 nitrogen and oxygen atoms in total. The molecule has 2 aliphatic carbocycles. The lowest BCUT2D eigenvalue weighted by Gasteiger charge is -2.34. The number of ether oxygens (including phenoxy) is 1. The first-order chi connectivity index (χ1) is 9.22. The zero-order valence-corrected chi connectivity index (χ0v) is 11.2. The highest BCUT2D eigenvalue weighted by Gasteiger charge is 2.34. The van der Waals surface area contributed by atoms with Crippen LogP contribution in [0.5, 0.6) is 5.75 Å². The molecular weight excluding hydrogens is 242 g/mol. The Morgan fingerprint density at radius 1 is 1.16 bits per heavy atom. The van der Waals surface area contributed by atoms with Crippen molar-refractivity contribution in [2.75, 3.05) is 7.11 Å². The van der Waals surface area contributed by atoms with Gasteiger partial charge in [0.15, 0.2) is 0 Å². The molecule has 2 saturated carbocycles. The molecule has 0 heterocycles. The summed E-state index contributed by atoms with van der Waals surface area (Å²) >= 11 is 0. The number of hydrogen-bond acceptors (Lipinski definition) is 3. The van der Waals surface area contributed by atoms with E-state index in [1.807, 2.05) is 6.07 Å². The van der Waals surface area contributed by atoms with E-state index in [4.69, 9.17) is 4.74 Å². The highest BCUT2D eigenvalue weighted by atomic mass is 16.6. The van der Waals surface area contributed by atoms with E-state index in [-0.39, 0.29) is 10.6 Å². The largest absolute Gasteiger partial charge is 0.490 e. The minimum Gasteiger partial charge on any atom is -0.490 e. The number of hydrogen-bond donors (Lipinski definition) is 0. The molecule has 3 rings (SSSR count). The van der Waals surface area contributed by atoms with Gasteiger partial charge in [-0.05, 0) is 43.1 Å². The summed E-state index contributed by atoms with van der Waals surface area (Å²) in [6, 6.07) is 3.59. The van der Waals surface area contributed by atoms with Gasteiger partial charge in [-0.3, -0.25) is 10.1 Å². The molecule has 0 saturated heterocycles. The van der Waals surface area contributed by atoms with Gasteiger partial charge in [-0.25, -0.2) is 0 Å². The number of nitro benzene ring substituents is 1. The highest BCUT2D eigenvalue weighted by Crippen LogP contribution is 2.50. The van der Waals surface area contributed by atoms with Crippen molar-refractivity contribution >= 4 is 5.69 Å². The second kappa shape index (κ2) is 4.83. The summed E-state index contributed by atoms with van der Waals surface area (Å²) < 4.78 is 5.41. The Balaban J connectivity index is 2.11. The number of methoxy groups -OCH3 is 1. The topological polar surface area (TPSA) is 52.4 Å². The molecule has 0 amide bonds. The number of rotatable bonds is 4. The summed E-state index contributed by atoms with van der Waals surface area (Å²) in [7, 11) is 1.55. The average Bonchev–Trinajstić information content (AvgIpc) is 2.25. The van der Waals surface area contributed by atoms with Crippen LogP contribution in [0.1, 0.15) is 61.5 Å². The lowest BCUT2D eigenvalue weighted by atomic mass is 9.71. The summed E-state index contributed by atoms with van der Waals surface area (Å²) in [4.78, 5) is 10.8. The van der Waals surface area contributed by atoms with Gasteiger partial charge in [0.2, 0.25) is 5.75 Å². The second-order valence-corrected chi connectivity index (χ2v) is 5.63. The van der Waals surface area contributed by atoms with Crippen molar-refractivity contribution < 1.29 is 9.66 Å². The van der Waals surface area contributed by atoms with Crippen LogP contribution in [0.25, 0.3) is 0 Å². The minimum atomic E-state index is -0.328. The van der Waals surface area contributed by atoms with Crippen LogP contribution in [-0.2, 0) is 0 Å². The van der Waals surface area contributed by atoms with Crippen LogP contribution in [0, 0.1) is 10.1 Å².